The van der Waals surface area contributed by atoms with E-state index in [4.69, 9.17) is 0 Å². The first-order chi connectivity index (χ1) is 6.28. The highest BCUT2D eigenvalue weighted by Gasteiger charge is 1.82. The Morgan fingerprint density at radius 3 is 1.92 bits per heavy atom. The summed E-state index contributed by atoms with van der Waals surface area (Å²) >= 11 is 0. The van der Waals surface area contributed by atoms with Crippen LogP contribution in [0.15, 0.2) is 61.3 Å². The van der Waals surface area contributed by atoms with E-state index in [1.807, 2.05) is 19.1 Å². The molecule has 0 amide bonds. The predicted octanol–water partition coefficient (Wildman–Crippen LogP) is 3.42. The number of allylic oxidation sites excluding steroid dienone is 7. The molecule has 0 spiro atoms. The second-order valence-corrected chi connectivity index (χ2v) is 2.26. The molecule has 0 rings (SSSR count). The summed E-state index contributed by atoms with van der Waals surface area (Å²) in [5, 5.41) is 0. The Hall–Kier alpha value is -1.74. The minimum Gasteiger partial charge on any atom is -0.0990 e. The van der Waals surface area contributed by atoms with Crippen LogP contribution in [-0.2, 0) is 0 Å². The summed E-state index contributed by atoms with van der Waals surface area (Å²) in [6.07, 6.45) is 8.84. The SMILES string of the molecule is C=C/C=C(/C#C/C(C=C)=C/C)C=C. The molecule has 0 aromatic rings. The third-order valence-electron chi connectivity index (χ3n) is 1.40. The molecule has 0 bridgehead atoms. The van der Waals surface area contributed by atoms with Gasteiger partial charge in [-0.25, -0.2) is 0 Å². The summed E-state index contributed by atoms with van der Waals surface area (Å²) in [6.45, 7) is 12.8. The largest absolute Gasteiger partial charge is 0.0990 e. The zero-order valence-corrected chi connectivity index (χ0v) is 8.01. The fourth-order valence-corrected chi connectivity index (χ4v) is 0.673. The predicted molar refractivity (Wildman–Crippen MR) is 60.2 cm³/mol. The summed E-state index contributed by atoms with van der Waals surface area (Å²) in [5.41, 5.74) is 1.77. The van der Waals surface area contributed by atoms with Gasteiger partial charge in [-0.15, -0.1) is 0 Å². The van der Waals surface area contributed by atoms with Crippen LogP contribution in [-0.4, -0.2) is 0 Å². The summed E-state index contributed by atoms with van der Waals surface area (Å²) < 4.78 is 0. The zero-order valence-electron chi connectivity index (χ0n) is 8.01. The van der Waals surface area contributed by atoms with Crippen molar-refractivity contribution in [3.8, 4) is 11.8 Å². The van der Waals surface area contributed by atoms with Crippen molar-refractivity contribution in [3.05, 3.63) is 61.3 Å². The van der Waals surface area contributed by atoms with Crippen molar-refractivity contribution in [2.45, 2.75) is 6.92 Å². The maximum Gasteiger partial charge on any atom is 0.0242 e. The van der Waals surface area contributed by atoms with Gasteiger partial charge in [0.1, 0.15) is 0 Å². The van der Waals surface area contributed by atoms with Crippen LogP contribution >= 0.6 is 0 Å². The Balaban J connectivity index is 4.73. The molecular formula is C13H14. The molecule has 0 N–H and O–H groups in total. The maximum atomic E-state index is 3.65. The van der Waals surface area contributed by atoms with E-state index in [9.17, 15) is 0 Å². The number of hydrogen-bond acceptors (Lipinski definition) is 0. The van der Waals surface area contributed by atoms with Gasteiger partial charge in [0, 0.05) is 11.1 Å². The molecule has 0 saturated heterocycles. The summed E-state index contributed by atoms with van der Waals surface area (Å²) in [7, 11) is 0. The first-order valence-corrected chi connectivity index (χ1v) is 4.04. The molecule has 0 aliphatic rings. The van der Waals surface area contributed by atoms with E-state index in [1.165, 1.54) is 0 Å². The highest BCUT2D eigenvalue weighted by atomic mass is 13.9. The van der Waals surface area contributed by atoms with Crippen molar-refractivity contribution < 1.29 is 0 Å². The average molecular weight is 170 g/mol. The Morgan fingerprint density at radius 2 is 1.54 bits per heavy atom. The topological polar surface area (TPSA) is 0 Å². The first-order valence-electron chi connectivity index (χ1n) is 4.04. The standard InChI is InChI=1S/C13H14/c1-5-9-13(8-4)11-10-12(6-2)7-3/h5-9H,1-2,4H2,3H3/b12-7+,13-9+. The molecule has 0 aromatic carbocycles. The molecule has 0 unspecified atom stereocenters. The van der Waals surface area contributed by atoms with Gasteiger partial charge < -0.3 is 0 Å². The van der Waals surface area contributed by atoms with Gasteiger partial charge in [0.25, 0.3) is 0 Å². The van der Waals surface area contributed by atoms with E-state index in [1.54, 1.807) is 18.2 Å². The lowest BCUT2D eigenvalue weighted by atomic mass is 10.2. The molecule has 0 heterocycles. The fourth-order valence-electron chi connectivity index (χ4n) is 0.673. The van der Waals surface area contributed by atoms with Crippen LogP contribution in [0.1, 0.15) is 6.92 Å². The Bertz CT molecular complexity index is 314. The van der Waals surface area contributed by atoms with Gasteiger partial charge in [0.2, 0.25) is 0 Å². The van der Waals surface area contributed by atoms with E-state index in [0.29, 0.717) is 0 Å². The minimum absolute atomic E-state index is 0.858. The van der Waals surface area contributed by atoms with Crippen molar-refractivity contribution in [2.75, 3.05) is 0 Å². The maximum absolute atomic E-state index is 3.65. The molecule has 0 radical (unpaired) electrons. The molecule has 0 nitrogen and oxygen atoms in total. The molecule has 0 heteroatoms. The summed E-state index contributed by atoms with van der Waals surface area (Å²) in [6, 6.07) is 0. The van der Waals surface area contributed by atoms with Crippen molar-refractivity contribution in [2.24, 2.45) is 0 Å². The van der Waals surface area contributed by atoms with Gasteiger partial charge >= 0.3 is 0 Å². The molecule has 66 valence electrons. The van der Waals surface area contributed by atoms with Crippen LogP contribution in [0.3, 0.4) is 0 Å². The molecule has 0 fully saturated rings. The van der Waals surface area contributed by atoms with E-state index in [2.05, 4.69) is 31.6 Å². The Labute approximate surface area is 80.7 Å². The third kappa shape index (κ3) is 4.66. The first kappa shape index (κ1) is 11.3. The van der Waals surface area contributed by atoms with Gasteiger partial charge in [-0.1, -0.05) is 55.9 Å². The molecule has 0 aromatic heterocycles. The van der Waals surface area contributed by atoms with Gasteiger partial charge in [0.15, 0.2) is 0 Å². The summed E-state index contributed by atoms with van der Waals surface area (Å²) in [5.74, 6) is 5.92. The highest BCUT2D eigenvalue weighted by Crippen LogP contribution is 1.96. The van der Waals surface area contributed by atoms with Gasteiger partial charge in [-0.3, -0.25) is 0 Å². The molecule has 13 heavy (non-hydrogen) atoms. The molecule has 0 saturated carbocycles. The van der Waals surface area contributed by atoms with Crippen molar-refractivity contribution in [1.29, 1.82) is 0 Å². The van der Waals surface area contributed by atoms with Crippen molar-refractivity contribution in [1.82, 2.24) is 0 Å². The van der Waals surface area contributed by atoms with Gasteiger partial charge in [-0.05, 0) is 13.0 Å². The lowest BCUT2D eigenvalue weighted by Gasteiger charge is -1.86. The second-order valence-electron chi connectivity index (χ2n) is 2.26. The normalized spacial score (nSPS) is 11.2. The third-order valence-corrected chi connectivity index (χ3v) is 1.40. The van der Waals surface area contributed by atoms with Gasteiger partial charge in [0.05, 0.1) is 0 Å². The van der Waals surface area contributed by atoms with Crippen LogP contribution in [0.2, 0.25) is 0 Å². The number of hydrogen-bond donors (Lipinski definition) is 0. The van der Waals surface area contributed by atoms with Crippen LogP contribution in [0.4, 0.5) is 0 Å². The van der Waals surface area contributed by atoms with Crippen LogP contribution in [0.25, 0.3) is 0 Å². The molecule has 0 aliphatic carbocycles. The lowest BCUT2D eigenvalue weighted by Crippen LogP contribution is -1.72. The van der Waals surface area contributed by atoms with E-state index < -0.39 is 0 Å². The van der Waals surface area contributed by atoms with Crippen molar-refractivity contribution >= 4 is 0 Å². The van der Waals surface area contributed by atoms with Gasteiger partial charge in [-0.2, -0.15) is 0 Å². The van der Waals surface area contributed by atoms with Crippen LogP contribution < -0.4 is 0 Å². The fraction of sp³-hybridized carbons (Fsp3) is 0.0769. The zero-order chi connectivity index (χ0) is 10.1. The van der Waals surface area contributed by atoms with E-state index in [-0.39, 0.29) is 0 Å². The van der Waals surface area contributed by atoms with E-state index >= 15 is 0 Å². The second kappa shape index (κ2) is 6.94. The quantitative estimate of drug-likeness (QED) is 0.449. The minimum atomic E-state index is 0.858. The molecule has 0 atom stereocenters. The number of rotatable bonds is 3. The average Bonchev–Trinajstić information content (AvgIpc) is 2.17. The highest BCUT2D eigenvalue weighted by molar-refractivity contribution is 5.46. The molecule has 0 aliphatic heterocycles. The van der Waals surface area contributed by atoms with E-state index in [0.717, 1.165) is 11.1 Å². The Kier molecular flexibility index (Phi) is 6.01. The van der Waals surface area contributed by atoms with Crippen LogP contribution in [0, 0.1) is 11.8 Å². The monoisotopic (exact) mass is 170 g/mol. The smallest absolute Gasteiger partial charge is 0.0242 e. The Morgan fingerprint density at radius 1 is 1.00 bits per heavy atom. The van der Waals surface area contributed by atoms with Crippen LogP contribution in [0.5, 0.6) is 0 Å². The summed E-state index contributed by atoms with van der Waals surface area (Å²) in [4.78, 5) is 0. The van der Waals surface area contributed by atoms with Crippen molar-refractivity contribution in [3.63, 3.8) is 0 Å². The lowest BCUT2D eigenvalue weighted by molar-refractivity contribution is 1.65. The molecular weight excluding hydrogens is 156 g/mol.